The Morgan fingerprint density at radius 3 is 2.74 bits per heavy atom. The van der Waals surface area contributed by atoms with Crippen molar-refractivity contribution in [1.29, 1.82) is 0 Å². The smallest absolute Gasteiger partial charge is 0.416 e. The van der Waals surface area contributed by atoms with E-state index in [2.05, 4.69) is 10.3 Å². The van der Waals surface area contributed by atoms with Gasteiger partial charge in [0, 0.05) is 24.3 Å². The average molecular weight is 326 g/mol. The highest BCUT2D eigenvalue weighted by molar-refractivity contribution is 5.35. The van der Waals surface area contributed by atoms with Crippen molar-refractivity contribution >= 4 is 0 Å². The van der Waals surface area contributed by atoms with Gasteiger partial charge >= 0.3 is 6.18 Å². The van der Waals surface area contributed by atoms with Crippen molar-refractivity contribution in [3.8, 4) is 11.6 Å². The van der Waals surface area contributed by atoms with Gasteiger partial charge in [-0.1, -0.05) is 12.1 Å². The minimum Gasteiger partial charge on any atom is -0.439 e. The Balaban J connectivity index is 2.17. The van der Waals surface area contributed by atoms with Gasteiger partial charge in [-0.3, -0.25) is 0 Å². The van der Waals surface area contributed by atoms with Gasteiger partial charge in [0.05, 0.1) is 12.2 Å². The van der Waals surface area contributed by atoms with Gasteiger partial charge in [0.25, 0.3) is 0 Å². The summed E-state index contributed by atoms with van der Waals surface area (Å²) in [4.78, 5) is 4.06. The Hall–Kier alpha value is -2.12. The fourth-order valence-electron chi connectivity index (χ4n) is 1.85. The van der Waals surface area contributed by atoms with Crippen LogP contribution in [-0.2, 0) is 12.7 Å². The van der Waals surface area contributed by atoms with Gasteiger partial charge in [-0.25, -0.2) is 4.98 Å². The summed E-state index contributed by atoms with van der Waals surface area (Å²) in [7, 11) is 0. The van der Waals surface area contributed by atoms with Crippen LogP contribution in [0.5, 0.6) is 11.6 Å². The molecule has 0 fully saturated rings. The van der Waals surface area contributed by atoms with Crippen molar-refractivity contribution < 1.29 is 23.0 Å². The first kappa shape index (κ1) is 17.2. The summed E-state index contributed by atoms with van der Waals surface area (Å²) in [5, 5.41) is 12.1. The highest BCUT2D eigenvalue weighted by Crippen LogP contribution is 2.32. The molecule has 1 atom stereocenters. The van der Waals surface area contributed by atoms with Gasteiger partial charge in [0.2, 0.25) is 5.88 Å². The quantitative estimate of drug-likeness (QED) is 0.855. The molecule has 0 saturated heterocycles. The molecule has 7 heteroatoms. The van der Waals surface area contributed by atoms with Gasteiger partial charge in [-0.15, -0.1) is 0 Å². The summed E-state index contributed by atoms with van der Waals surface area (Å²) in [6.45, 7) is 2.16. The number of benzene rings is 1. The predicted octanol–water partition coefficient (Wildman–Crippen LogP) is 3.36. The van der Waals surface area contributed by atoms with E-state index >= 15 is 0 Å². The van der Waals surface area contributed by atoms with Crippen LogP contribution in [0.15, 0.2) is 42.6 Å². The van der Waals surface area contributed by atoms with Crippen LogP contribution in [0.4, 0.5) is 13.2 Å². The maximum Gasteiger partial charge on any atom is 0.416 e. The summed E-state index contributed by atoms with van der Waals surface area (Å²) in [5.41, 5.74) is -0.0929. The van der Waals surface area contributed by atoms with Gasteiger partial charge < -0.3 is 15.2 Å². The molecular formula is C16H17F3N2O2. The molecule has 0 spiro atoms. The third-order valence-electron chi connectivity index (χ3n) is 3.14. The van der Waals surface area contributed by atoms with E-state index in [0.717, 1.165) is 12.1 Å². The number of rotatable bonds is 6. The molecule has 0 aliphatic carbocycles. The minimum absolute atomic E-state index is 0.0237. The fourth-order valence-corrected chi connectivity index (χ4v) is 1.85. The van der Waals surface area contributed by atoms with E-state index in [1.807, 2.05) is 6.92 Å². The van der Waals surface area contributed by atoms with Gasteiger partial charge in [0.1, 0.15) is 5.75 Å². The van der Waals surface area contributed by atoms with Crippen LogP contribution in [0.2, 0.25) is 0 Å². The van der Waals surface area contributed by atoms with E-state index in [4.69, 9.17) is 9.84 Å². The Morgan fingerprint density at radius 1 is 1.26 bits per heavy atom. The van der Waals surface area contributed by atoms with Crippen molar-refractivity contribution in [2.24, 2.45) is 0 Å². The molecule has 2 rings (SSSR count). The summed E-state index contributed by atoms with van der Waals surface area (Å²) in [6.07, 6.45) is -2.92. The van der Waals surface area contributed by atoms with Crippen LogP contribution in [0.1, 0.15) is 18.1 Å². The average Bonchev–Trinajstić information content (AvgIpc) is 2.53. The Morgan fingerprint density at radius 2 is 2.04 bits per heavy atom. The molecule has 0 aliphatic rings. The molecular weight excluding hydrogens is 309 g/mol. The Labute approximate surface area is 131 Å². The lowest BCUT2D eigenvalue weighted by Crippen LogP contribution is -2.28. The Kier molecular flexibility index (Phi) is 5.57. The zero-order valence-corrected chi connectivity index (χ0v) is 12.5. The molecule has 0 saturated carbocycles. The number of pyridine rings is 1. The summed E-state index contributed by atoms with van der Waals surface area (Å²) in [5.74, 6) is 0.291. The van der Waals surface area contributed by atoms with E-state index in [0.29, 0.717) is 12.1 Å². The number of aliphatic hydroxyl groups is 1. The van der Waals surface area contributed by atoms with E-state index < -0.39 is 11.7 Å². The first-order chi connectivity index (χ1) is 10.9. The molecule has 1 aromatic heterocycles. The normalized spacial score (nSPS) is 12.9. The first-order valence-corrected chi connectivity index (χ1v) is 7.03. The van der Waals surface area contributed by atoms with E-state index in [1.54, 1.807) is 12.1 Å². The van der Waals surface area contributed by atoms with Gasteiger partial charge in [0.15, 0.2) is 0 Å². The minimum atomic E-state index is -4.43. The highest BCUT2D eigenvalue weighted by atomic mass is 19.4. The SMILES string of the molecule is CC(CO)NCc1cccnc1Oc1cccc(C(F)(F)F)c1. The van der Waals surface area contributed by atoms with E-state index in [1.165, 1.54) is 18.3 Å². The van der Waals surface area contributed by atoms with Crippen molar-refractivity contribution in [3.05, 3.63) is 53.7 Å². The highest BCUT2D eigenvalue weighted by Gasteiger charge is 2.30. The van der Waals surface area contributed by atoms with E-state index in [-0.39, 0.29) is 24.3 Å². The summed E-state index contributed by atoms with van der Waals surface area (Å²) < 4.78 is 43.7. The van der Waals surface area contributed by atoms with Crippen LogP contribution in [0.3, 0.4) is 0 Å². The van der Waals surface area contributed by atoms with Crippen molar-refractivity contribution in [2.75, 3.05) is 6.61 Å². The third kappa shape index (κ3) is 4.94. The number of ether oxygens (including phenoxy) is 1. The molecule has 0 amide bonds. The van der Waals surface area contributed by atoms with Crippen LogP contribution in [-0.4, -0.2) is 22.7 Å². The van der Waals surface area contributed by atoms with Crippen LogP contribution < -0.4 is 10.1 Å². The second kappa shape index (κ2) is 7.43. The number of hydrogen-bond donors (Lipinski definition) is 2. The third-order valence-corrected chi connectivity index (χ3v) is 3.14. The monoisotopic (exact) mass is 326 g/mol. The van der Waals surface area contributed by atoms with Crippen molar-refractivity contribution in [3.63, 3.8) is 0 Å². The molecule has 4 nitrogen and oxygen atoms in total. The molecule has 0 aliphatic heterocycles. The second-order valence-electron chi connectivity index (χ2n) is 5.06. The molecule has 2 aromatic rings. The summed E-state index contributed by atoms with van der Waals surface area (Å²) in [6, 6.07) is 7.99. The lowest BCUT2D eigenvalue weighted by Gasteiger charge is -2.14. The van der Waals surface area contributed by atoms with Gasteiger partial charge in [-0.2, -0.15) is 13.2 Å². The molecule has 23 heavy (non-hydrogen) atoms. The molecule has 124 valence electrons. The largest absolute Gasteiger partial charge is 0.439 e. The fraction of sp³-hybridized carbons (Fsp3) is 0.312. The zero-order chi connectivity index (χ0) is 16.9. The van der Waals surface area contributed by atoms with E-state index in [9.17, 15) is 13.2 Å². The molecule has 2 N–H and O–H groups in total. The molecule has 0 bridgehead atoms. The van der Waals surface area contributed by atoms with Crippen LogP contribution >= 0.6 is 0 Å². The van der Waals surface area contributed by atoms with Crippen LogP contribution in [0, 0.1) is 0 Å². The van der Waals surface area contributed by atoms with Crippen molar-refractivity contribution in [1.82, 2.24) is 10.3 Å². The van der Waals surface area contributed by atoms with Crippen molar-refractivity contribution in [2.45, 2.75) is 25.7 Å². The second-order valence-corrected chi connectivity index (χ2v) is 5.06. The lowest BCUT2D eigenvalue weighted by atomic mass is 10.2. The number of nitrogens with one attached hydrogen (secondary N) is 1. The topological polar surface area (TPSA) is 54.4 Å². The molecule has 1 unspecified atom stereocenters. The maximum absolute atomic E-state index is 12.7. The summed E-state index contributed by atoms with van der Waals surface area (Å²) >= 11 is 0. The number of aromatic nitrogens is 1. The number of hydrogen-bond acceptors (Lipinski definition) is 4. The molecule has 1 aromatic carbocycles. The predicted molar refractivity (Wildman–Crippen MR) is 79.1 cm³/mol. The number of nitrogens with zero attached hydrogens (tertiary/aromatic N) is 1. The molecule has 1 heterocycles. The van der Waals surface area contributed by atoms with Gasteiger partial charge in [-0.05, 0) is 31.2 Å². The number of aliphatic hydroxyl groups excluding tert-OH is 1. The Bertz CT molecular complexity index is 647. The number of alkyl halides is 3. The maximum atomic E-state index is 12.7. The standard InChI is InChI=1S/C16H17F3N2O2/c1-11(10-22)21-9-12-4-3-7-20-15(12)23-14-6-2-5-13(8-14)16(17,18)19/h2-8,11,21-22H,9-10H2,1H3. The molecule has 0 radical (unpaired) electrons. The first-order valence-electron chi connectivity index (χ1n) is 7.03. The zero-order valence-electron chi connectivity index (χ0n) is 12.5. The van der Waals surface area contributed by atoms with Crippen LogP contribution in [0.25, 0.3) is 0 Å². The number of halogens is 3. The lowest BCUT2D eigenvalue weighted by molar-refractivity contribution is -0.137.